The summed E-state index contributed by atoms with van der Waals surface area (Å²) >= 11 is 0. The summed E-state index contributed by atoms with van der Waals surface area (Å²) in [7, 11) is 0. The molecule has 0 fully saturated rings. The van der Waals surface area contributed by atoms with E-state index in [1.54, 1.807) is 0 Å². The van der Waals surface area contributed by atoms with Gasteiger partial charge in [0, 0.05) is 83.7 Å². The Morgan fingerprint density at radius 1 is 1.20 bits per heavy atom. The quantitative estimate of drug-likeness (QED) is 0.469. The molecule has 0 nitrogen and oxygen atoms in total. The van der Waals surface area contributed by atoms with E-state index in [4.69, 9.17) is 0 Å². The molecule has 0 rings (SSSR count). The van der Waals surface area contributed by atoms with E-state index >= 15 is 0 Å². The van der Waals surface area contributed by atoms with Crippen molar-refractivity contribution < 1.29 is 86.5 Å². The third-order valence-corrected chi connectivity index (χ3v) is 0. The van der Waals surface area contributed by atoms with Gasteiger partial charge in [0.25, 0.3) is 0 Å². The van der Waals surface area contributed by atoms with E-state index in [1.165, 1.54) is 0 Å². The molecule has 0 aromatic carbocycles. The summed E-state index contributed by atoms with van der Waals surface area (Å²) in [6, 6.07) is 0. The molecule has 0 aliphatic heterocycles. The Labute approximate surface area is 124 Å². The Hall–Kier alpha value is 4.04. The molecule has 0 N–H and O–H groups in total. The van der Waals surface area contributed by atoms with Crippen molar-refractivity contribution >= 4 is 40.4 Å². The molecular formula is H5AlCuMgSmZr. The molecule has 0 heterocycles. The monoisotopic (exact) mass is 361 g/mol. The van der Waals surface area contributed by atoms with E-state index < -0.39 is 0 Å². The molecule has 0 aliphatic carbocycles. The fraction of sp³-hybridized carbons (Fsp3) is 0. The van der Waals surface area contributed by atoms with Crippen LogP contribution in [0.15, 0.2) is 0 Å². The molecule has 5 heteroatoms. The molecule has 0 aliphatic rings. The topological polar surface area (TPSA) is 0 Å². The van der Waals surface area contributed by atoms with Crippen molar-refractivity contribution in [1.29, 1.82) is 0 Å². The minimum atomic E-state index is 0. The molecule has 0 saturated carbocycles. The standard InChI is InChI=1S/Al.Cu.Mg.Sm.Zr.5H/q;;+2;;;;;;2*-1. The predicted molar refractivity (Wildman–Crippen MR) is 17.9 cm³/mol. The maximum absolute atomic E-state index is 0. The molecule has 0 atom stereocenters. The predicted octanol–water partition coefficient (Wildman–Crippen LogP) is -1.34. The zero-order valence-corrected chi connectivity index (χ0v) is 9.35. The van der Waals surface area contributed by atoms with Crippen LogP contribution in [0.4, 0.5) is 0 Å². The van der Waals surface area contributed by atoms with Crippen molar-refractivity contribution in [3.63, 3.8) is 0 Å². The average Bonchev–Trinajstić information content (AvgIpc) is 0. The van der Waals surface area contributed by atoms with E-state index in [2.05, 4.69) is 0 Å². The van der Waals surface area contributed by atoms with Gasteiger partial charge in [0.05, 0.1) is 0 Å². The molecule has 0 saturated heterocycles. The minimum Gasteiger partial charge on any atom is -1.00 e. The number of hydrogen-bond donors (Lipinski definition) is 0. The van der Waals surface area contributed by atoms with Crippen molar-refractivity contribution in [1.82, 2.24) is 0 Å². The largest absolute Gasteiger partial charge is 2.00 e. The molecular weight excluding hydrogens is 356 g/mol. The van der Waals surface area contributed by atoms with Gasteiger partial charge in [-0.05, 0) is 0 Å². The Morgan fingerprint density at radius 2 is 1.20 bits per heavy atom. The summed E-state index contributed by atoms with van der Waals surface area (Å²) in [5.74, 6) is 0. The van der Waals surface area contributed by atoms with E-state index in [1.807, 2.05) is 0 Å². The van der Waals surface area contributed by atoms with Crippen LogP contribution < -0.4 is 0 Å². The van der Waals surface area contributed by atoms with Gasteiger partial charge in [-0.25, -0.2) is 0 Å². The van der Waals surface area contributed by atoms with Crippen LogP contribution in [0.25, 0.3) is 0 Å². The first-order chi connectivity index (χ1) is 0. The van der Waals surface area contributed by atoms with Crippen LogP contribution in [0.1, 0.15) is 2.85 Å². The second-order valence-electron chi connectivity index (χ2n) is 0. The maximum atomic E-state index is 0. The van der Waals surface area contributed by atoms with Crippen LogP contribution in [0.2, 0.25) is 0 Å². The van der Waals surface area contributed by atoms with Gasteiger partial charge in [0.1, 0.15) is 0 Å². The fourth-order valence-corrected chi connectivity index (χ4v) is 0. The Balaban J connectivity index is 0. The van der Waals surface area contributed by atoms with Gasteiger partial charge in [0.15, 0.2) is 17.4 Å². The van der Waals surface area contributed by atoms with Crippen LogP contribution >= 0.6 is 0 Å². The second-order valence-corrected chi connectivity index (χ2v) is 0. The molecule has 5 heavy (non-hydrogen) atoms. The van der Waals surface area contributed by atoms with Gasteiger partial charge < -0.3 is 2.85 Å². The first kappa shape index (κ1) is 35.8. The van der Waals surface area contributed by atoms with Crippen molar-refractivity contribution in [2.24, 2.45) is 0 Å². The smallest absolute Gasteiger partial charge is 1.00 e. The third kappa shape index (κ3) is 18.0. The summed E-state index contributed by atoms with van der Waals surface area (Å²) in [6.45, 7) is 0. The molecule has 0 unspecified atom stereocenters. The summed E-state index contributed by atoms with van der Waals surface area (Å²) in [5, 5.41) is 0. The zero-order valence-electron chi connectivity index (χ0n) is 3.92. The maximum Gasteiger partial charge on any atom is 2.00 e. The van der Waals surface area contributed by atoms with Gasteiger partial charge in [-0.3, -0.25) is 0 Å². The molecule has 0 spiro atoms. The summed E-state index contributed by atoms with van der Waals surface area (Å²) in [4.78, 5) is 0. The molecule has 0 bridgehead atoms. The molecule has 31 valence electrons. The Morgan fingerprint density at radius 3 is 1.20 bits per heavy atom. The second kappa shape index (κ2) is 24.4. The molecule has 0 aromatic heterocycles. The first-order valence-electron chi connectivity index (χ1n) is 0. The van der Waals surface area contributed by atoms with E-state index in [0.29, 0.717) is 0 Å². The average molecular weight is 361 g/mol. The number of hydrogen-bond acceptors (Lipinski definition) is 0. The molecule has 0 aromatic rings. The normalized spacial score (nSPS) is 0. The van der Waals surface area contributed by atoms with Crippen LogP contribution in [-0.2, 0) is 43.3 Å². The first-order valence-corrected chi connectivity index (χ1v) is 0. The fourth-order valence-electron chi connectivity index (χ4n) is 0. The van der Waals surface area contributed by atoms with Crippen LogP contribution in [0, 0.1) is 40.4 Å². The molecule has 0 amide bonds. The Bertz CT molecular complexity index is 17.7. The SMILES string of the molecule is [AlH3].[Cu].[H-].[H-].[Mg+2].[Sm].[Zr]. The summed E-state index contributed by atoms with van der Waals surface area (Å²) < 4.78 is 0. The van der Waals surface area contributed by atoms with E-state index in [9.17, 15) is 0 Å². The molecule has 1 radical (unpaired) electrons. The van der Waals surface area contributed by atoms with Crippen LogP contribution in [0.5, 0.6) is 0 Å². The van der Waals surface area contributed by atoms with Crippen molar-refractivity contribution in [3.05, 3.63) is 0 Å². The van der Waals surface area contributed by atoms with E-state index in [-0.39, 0.29) is 127 Å². The van der Waals surface area contributed by atoms with Gasteiger partial charge in [0.2, 0.25) is 0 Å². The van der Waals surface area contributed by atoms with E-state index in [0.717, 1.165) is 0 Å². The van der Waals surface area contributed by atoms with Gasteiger partial charge in [-0.15, -0.1) is 0 Å². The van der Waals surface area contributed by atoms with Gasteiger partial charge >= 0.3 is 23.1 Å². The van der Waals surface area contributed by atoms with Crippen molar-refractivity contribution in [2.75, 3.05) is 0 Å². The van der Waals surface area contributed by atoms with Crippen molar-refractivity contribution in [3.8, 4) is 0 Å². The van der Waals surface area contributed by atoms with Gasteiger partial charge in [-0.1, -0.05) is 0 Å². The minimum absolute atomic E-state index is 0. The summed E-state index contributed by atoms with van der Waals surface area (Å²) in [6.07, 6.45) is 0. The van der Waals surface area contributed by atoms with Crippen LogP contribution in [0.3, 0.4) is 0 Å². The van der Waals surface area contributed by atoms with Crippen LogP contribution in [-0.4, -0.2) is 40.4 Å². The van der Waals surface area contributed by atoms with Gasteiger partial charge in [-0.2, -0.15) is 0 Å². The Kier molecular flexibility index (Phi) is 175. The number of rotatable bonds is 0. The summed E-state index contributed by atoms with van der Waals surface area (Å²) in [5.41, 5.74) is 0. The van der Waals surface area contributed by atoms with Crippen molar-refractivity contribution in [2.45, 2.75) is 0 Å². The zero-order chi connectivity index (χ0) is 0. The third-order valence-electron chi connectivity index (χ3n) is 0.